The summed E-state index contributed by atoms with van der Waals surface area (Å²) in [6.07, 6.45) is 6.39. The van der Waals surface area contributed by atoms with Crippen LogP contribution in [0.3, 0.4) is 0 Å². The summed E-state index contributed by atoms with van der Waals surface area (Å²) in [4.78, 5) is 24.4. The number of carbonyl (C=O) groups is 2. The number of hydrogen-bond acceptors (Lipinski definition) is 4. The van der Waals surface area contributed by atoms with Gasteiger partial charge in [-0.2, -0.15) is 0 Å². The lowest BCUT2D eigenvalue weighted by molar-refractivity contribution is -0.144. The van der Waals surface area contributed by atoms with Crippen molar-refractivity contribution in [2.45, 2.75) is 59.3 Å². The number of allylic oxidation sites excluding steroid dienone is 1. The number of ether oxygens (including phenoxy) is 2. The minimum absolute atomic E-state index is 0.149. The van der Waals surface area contributed by atoms with E-state index < -0.39 is 11.9 Å². The standard InChI is InChI=1S/C19H30O4/c1-6-12(2)14-9-10-15-13(8-7-11-19(14,15)3)16(17(20)22-4)18(21)23-5/h12,14-15H,6-11H2,1-5H3/t12-,14+,15-,19+/m0/s1. The van der Waals surface area contributed by atoms with Gasteiger partial charge in [-0.1, -0.05) is 27.2 Å². The van der Waals surface area contributed by atoms with Crippen molar-refractivity contribution in [1.82, 2.24) is 0 Å². The highest BCUT2D eigenvalue weighted by molar-refractivity contribution is 6.14. The first-order chi connectivity index (χ1) is 10.9. The molecule has 0 aromatic heterocycles. The monoisotopic (exact) mass is 322 g/mol. The highest BCUT2D eigenvalue weighted by Gasteiger charge is 2.52. The summed E-state index contributed by atoms with van der Waals surface area (Å²) >= 11 is 0. The third-order valence-electron chi connectivity index (χ3n) is 6.42. The zero-order valence-corrected chi connectivity index (χ0v) is 15.1. The molecule has 0 unspecified atom stereocenters. The topological polar surface area (TPSA) is 52.6 Å². The SMILES string of the molecule is CC[C@H](C)[C@H]1CC[C@H]2C(=C(C(=O)OC)C(=O)OC)CCC[C@]12C. The maximum atomic E-state index is 12.2. The molecule has 4 atom stereocenters. The molecule has 0 aromatic carbocycles. The molecule has 0 saturated heterocycles. The first kappa shape index (κ1) is 18.0. The lowest BCUT2D eigenvalue weighted by atomic mass is 9.60. The van der Waals surface area contributed by atoms with Gasteiger partial charge in [-0.3, -0.25) is 0 Å². The Hall–Kier alpha value is -1.32. The Kier molecular flexibility index (Phi) is 5.53. The molecule has 2 fully saturated rings. The predicted octanol–water partition coefficient (Wildman–Crippen LogP) is 3.89. The van der Waals surface area contributed by atoms with Crippen molar-refractivity contribution in [3.05, 3.63) is 11.1 Å². The quantitative estimate of drug-likeness (QED) is 0.341. The largest absolute Gasteiger partial charge is 0.465 e. The zero-order chi connectivity index (χ0) is 17.2. The van der Waals surface area contributed by atoms with Crippen LogP contribution in [0.15, 0.2) is 11.1 Å². The second-order valence-electron chi connectivity index (χ2n) is 7.36. The van der Waals surface area contributed by atoms with Crippen LogP contribution in [0.2, 0.25) is 0 Å². The molecular formula is C19H30O4. The molecule has 0 bridgehead atoms. The first-order valence-corrected chi connectivity index (χ1v) is 8.80. The Bertz CT molecular complexity index is 489. The molecule has 130 valence electrons. The van der Waals surface area contributed by atoms with Gasteiger partial charge < -0.3 is 9.47 Å². The number of carbonyl (C=O) groups excluding carboxylic acids is 2. The van der Waals surface area contributed by atoms with Crippen molar-refractivity contribution in [3.63, 3.8) is 0 Å². The third-order valence-corrected chi connectivity index (χ3v) is 6.42. The van der Waals surface area contributed by atoms with E-state index in [1.54, 1.807) is 0 Å². The minimum atomic E-state index is -0.553. The normalized spacial score (nSPS) is 31.3. The van der Waals surface area contributed by atoms with Gasteiger partial charge in [0, 0.05) is 0 Å². The van der Waals surface area contributed by atoms with E-state index in [1.807, 2.05) is 0 Å². The Labute approximate surface area is 139 Å². The Morgan fingerprint density at radius 1 is 1.22 bits per heavy atom. The van der Waals surface area contributed by atoms with Gasteiger partial charge in [-0.05, 0) is 60.8 Å². The van der Waals surface area contributed by atoms with Gasteiger partial charge in [0.1, 0.15) is 5.57 Å². The van der Waals surface area contributed by atoms with Crippen LogP contribution < -0.4 is 0 Å². The van der Waals surface area contributed by atoms with Crippen molar-refractivity contribution in [2.24, 2.45) is 23.2 Å². The fourth-order valence-corrected chi connectivity index (χ4v) is 5.10. The van der Waals surface area contributed by atoms with E-state index in [4.69, 9.17) is 9.47 Å². The summed E-state index contributed by atoms with van der Waals surface area (Å²) in [5, 5.41) is 0. The van der Waals surface area contributed by atoms with E-state index in [-0.39, 0.29) is 11.0 Å². The van der Waals surface area contributed by atoms with Crippen LogP contribution in [0.1, 0.15) is 59.3 Å². The first-order valence-electron chi connectivity index (χ1n) is 8.80. The van der Waals surface area contributed by atoms with Crippen molar-refractivity contribution in [2.75, 3.05) is 14.2 Å². The number of rotatable bonds is 4. The van der Waals surface area contributed by atoms with Gasteiger partial charge in [0.2, 0.25) is 0 Å². The van der Waals surface area contributed by atoms with E-state index in [1.165, 1.54) is 33.5 Å². The molecule has 2 aliphatic carbocycles. The van der Waals surface area contributed by atoms with Gasteiger partial charge >= 0.3 is 11.9 Å². The average molecular weight is 322 g/mol. The minimum Gasteiger partial charge on any atom is -0.465 e. The van der Waals surface area contributed by atoms with Crippen molar-refractivity contribution in [1.29, 1.82) is 0 Å². The number of esters is 2. The Morgan fingerprint density at radius 2 is 1.83 bits per heavy atom. The summed E-state index contributed by atoms with van der Waals surface area (Å²) in [6.45, 7) is 6.93. The fraction of sp³-hybridized carbons (Fsp3) is 0.789. The molecule has 0 radical (unpaired) electrons. The lowest BCUT2D eigenvalue weighted by Crippen LogP contribution is -2.37. The van der Waals surface area contributed by atoms with E-state index in [0.29, 0.717) is 17.8 Å². The maximum Gasteiger partial charge on any atom is 0.345 e. The lowest BCUT2D eigenvalue weighted by Gasteiger charge is -2.44. The molecule has 0 N–H and O–H groups in total. The third kappa shape index (κ3) is 3.05. The molecule has 0 heterocycles. The van der Waals surface area contributed by atoms with Gasteiger partial charge in [-0.15, -0.1) is 0 Å². The molecule has 0 amide bonds. The van der Waals surface area contributed by atoms with Gasteiger partial charge in [-0.25, -0.2) is 9.59 Å². The molecule has 0 aliphatic heterocycles. The number of fused-ring (bicyclic) bond motifs is 1. The number of methoxy groups -OCH3 is 2. The van der Waals surface area contributed by atoms with Gasteiger partial charge in [0.25, 0.3) is 0 Å². The molecule has 2 aliphatic rings. The van der Waals surface area contributed by atoms with Gasteiger partial charge in [0.05, 0.1) is 14.2 Å². The van der Waals surface area contributed by atoms with E-state index >= 15 is 0 Å². The molecule has 4 heteroatoms. The zero-order valence-electron chi connectivity index (χ0n) is 15.1. The molecule has 2 rings (SSSR count). The molecule has 0 spiro atoms. The fourth-order valence-electron chi connectivity index (χ4n) is 5.10. The van der Waals surface area contributed by atoms with Crippen LogP contribution in [0.4, 0.5) is 0 Å². The van der Waals surface area contributed by atoms with E-state index in [9.17, 15) is 9.59 Å². The maximum absolute atomic E-state index is 12.2. The molecule has 0 aromatic rings. The van der Waals surface area contributed by atoms with Crippen molar-refractivity contribution in [3.8, 4) is 0 Å². The van der Waals surface area contributed by atoms with Gasteiger partial charge in [0.15, 0.2) is 0 Å². The highest BCUT2D eigenvalue weighted by Crippen LogP contribution is 2.60. The van der Waals surface area contributed by atoms with Crippen LogP contribution in [0, 0.1) is 23.2 Å². The molecule has 2 saturated carbocycles. The van der Waals surface area contributed by atoms with Crippen LogP contribution in [-0.4, -0.2) is 26.2 Å². The summed E-state index contributed by atoms with van der Waals surface area (Å²) < 4.78 is 9.74. The molecule has 23 heavy (non-hydrogen) atoms. The summed E-state index contributed by atoms with van der Waals surface area (Å²) in [6, 6.07) is 0. The second-order valence-corrected chi connectivity index (χ2v) is 7.36. The summed E-state index contributed by atoms with van der Waals surface area (Å²) in [5.74, 6) is 0.517. The smallest absolute Gasteiger partial charge is 0.345 e. The summed E-state index contributed by atoms with van der Waals surface area (Å²) in [5.41, 5.74) is 1.30. The van der Waals surface area contributed by atoms with Crippen LogP contribution in [0.5, 0.6) is 0 Å². The Balaban J connectivity index is 2.46. The van der Waals surface area contributed by atoms with Crippen molar-refractivity contribution < 1.29 is 19.1 Å². The van der Waals surface area contributed by atoms with Crippen LogP contribution in [0.25, 0.3) is 0 Å². The predicted molar refractivity (Wildman–Crippen MR) is 88.7 cm³/mol. The van der Waals surface area contributed by atoms with Crippen LogP contribution in [-0.2, 0) is 19.1 Å². The Morgan fingerprint density at radius 3 is 2.35 bits per heavy atom. The van der Waals surface area contributed by atoms with E-state index in [2.05, 4.69) is 20.8 Å². The van der Waals surface area contributed by atoms with Crippen molar-refractivity contribution >= 4 is 11.9 Å². The highest BCUT2D eigenvalue weighted by atomic mass is 16.5. The second kappa shape index (κ2) is 7.06. The summed E-state index contributed by atoms with van der Waals surface area (Å²) in [7, 11) is 2.65. The molecular weight excluding hydrogens is 292 g/mol. The number of hydrogen-bond donors (Lipinski definition) is 0. The van der Waals surface area contributed by atoms with E-state index in [0.717, 1.165) is 24.8 Å². The van der Waals surface area contributed by atoms with Crippen LogP contribution >= 0.6 is 0 Å². The average Bonchev–Trinajstić information content (AvgIpc) is 2.91. The molecule has 4 nitrogen and oxygen atoms in total.